The summed E-state index contributed by atoms with van der Waals surface area (Å²) >= 11 is 0. The Balaban J connectivity index is 2.04. The molecule has 2 rings (SSSR count). The monoisotopic (exact) mass is 231 g/mol. The highest BCUT2D eigenvalue weighted by atomic mass is 16.3. The van der Waals surface area contributed by atoms with Crippen LogP contribution in [0.4, 0.5) is 5.69 Å². The van der Waals surface area contributed by atoms with E-state index in [9.17, 15) is 4.79 Å². The fourth-order valence-corrected chi connectivity index (χ4v) is 1.47. The van der Waals surface area contributed by atoms with Gasteiger partial charge in [0.15, 0.2) is 0 Å². The number of nitrogens with one attached hydrogen (secondary N) is 2. The third kappa shape index (κ3) is 2.63. The predicted molar refractivity (Wildman–Crippen MR) is 63.7 cm³/mol. The smallest absolute Gasteiger partial charge is 0.253 e. The summed E-state index contributed by atoms with van der Waals surface area (Å²) in [6.45, 7) is 0.372. The van der Waals surface area contributed by atoms with E-state index in [1.807, 2.05) is 6.07 Å². The zero-order valence-corrected chi connectivity index (χ0v) is 9.43. The lowest BCUT2D eigenvalue weighted by atomic mass is 10.2. The molecule has 2 aromatic rings. The number of aromatic nitrogens is 1. The van der Waals surface area contributed by atoms with Gasteiger partial charge in [-0.05, 0) is 18.2 Å². The molecule has 1 amide bonds. The zero-order valence-electron chi connectivity index (χ0n) is 9.43. The molecule has 0 atom stereocenters. The number of nitrogens with zero attached hydrogens (tertiary/aromatic N) is 1. The highest BCUT2D eigenvalue weighted by Crippen LogP contribution is 2.12. The van der Waals surface area contributed by atoms with E-state index in [4.69, 9.17) is 4.42 Å². The quantitative estimate of drug-likeness (QED) is 0.839. The van der Waals surface area contributed by atoms with Gasteiger partial charge >= 0.3 is 0 Å². The average molecular weight is 231 g/mol. The van der Waals surface area contributed by atoms with Crippen LogP contribution < -0.4 is 10.6 Å². The molecule has 0 aliphatic heterocycles. The minimum atomic E-state index is -0.159. The molecular weight excluding hydrogens is 218 g/mol. The van der Waals surface area contributed by atoms with Gasteiger partial charge in [-0.25, -0.2) is 0 Å². The molecule has 0 saturated heterocycles. The molecule has 0 fully saturated rings. The fraction of sp³-hybridized carbons (Fsp3) is 0.167. The van der Waals surface area contributed by atoms with Gasteiger partial charge in [0.05, 0.1) is 30.3 Å². The summed E-state index contributed by atoms with van der Waals surface area (Å²) < 4.78 is 5.13. The summed E-state index contributed by atoms with van der Waals surface area (Å²) in [7, 11) is 1.75. The molecule has 2 aromatic heterocycles. The number of rotatable bonds is 4. The van der Waals surface area contributed by atoms with Crippen molar-refractivity contribution in [3.8, 4) is 0 Å². The standard InChI is InChI=1S/C12H13N3O2/c1-13-11-8-14-5-4-10(11)12(16)15-7-9-3-2-6-17-9/h2-6,8,13H,7H2,1H3,(H,15,16). The first-order valence-corrected chi connectivity index (χ1v) is 5.23. The van der Waals surface area contributed by atoms with Gasteiger partial charge in [0, 0.05) is 13.2 Å². The van der Waals surface area contributed by atoms with Crippen LogP contribution in [0.1, 0.15) is 16.1 Å². The maximum Gasteiger partial charge on any atom is 0.253 e. The van der Waals surface area contributed by atoms with Crippen LogP contribution in [0.3, 0.4) is 0 Å². The Morgan fingerprint density at radius 3 is 3.06 bits per heavy atom. The number of carbonyl (C=O) groups excluding carboxylic acids is 1. The Morgan fingerprint density at radius 1 is 1.47 bits per heavy atom. The number of anilines is 1. The minimum absolute atomic E-state index is 0.159. The molecule has 0 saturated carbocycles. The summed E-state index contributed by atoms with van der Waals surface area (Å²) in [6, 6.07) is 5.27. The summed E-state index contributed by atoms with van der Waals surface area (Å²) in [5, 5.41) is 5.70. The highest BCUT2D eigenvalue weighted by Gasteiger charge is 2.10. The van der Waals surface area contributed by atoms with Gasteiger partial charge in [-0.3, -0.25) is 9.78 Å². The molecule has 0 aliphatic carbocycles. The van der Waals surface area contributed by atoms with Crippen LogP contribution in [-0.4, -0.2) is 17.9 Å². The molecule has 0 radical (unpaired) electrons. The molecular formula is C12H13N3O2. The van der Waals surface area contributed by atoms with Gasteiger partial charge in [0.25, 0.3) is 5.91 Å². The van der Waals surface area contributed by atoms with Gasteiger partial charge in [-0.2, -0.15) is 0 Å². The maximum atomic E-state index is 11.9. The van der Waals surface area contributed by atoms with E-state index in [1.54, 1.807) is 37.8 Å². The van der Waals surface area contributed by atoms with Crippen molar-refractivity contribution >= 4 is 11.6 Å². The fourth-order valence-electron chi connectivity index (χ4n) is 1.47. The molecule has 5 heteroatoms. The Kier molecular flexibility index (Phi) is 3.40. The lowest BCUT2D eigenvalue weighted by Crippen LogP contribution is -2.23. The SMILES string of the molecule is CNc1cnccc1C(=O)NCc1ccco1. The van der Waals surface area contributed by atoms with Crippen molar-refractivity contribution in [3.63, 3.8) is 0 Å². The van der Waals surface area contributed by atoms with Crippen molar-refractivity contribution in [1.29, 1.82) is 0 Å². The Bertz CT molecular complexity index is 494. The van der Waals surface area contributed by atoms with Crippen molar-refractivity contribution in [2.45, 2.75) is 6.54 Å². The van der Waals surface area contributed by atoms with Crippen molar-refractivity contribution in [3.05, 3.63) is 48.2 Å². The lowest BCUT2D eigenvalue weighted by molar-refractivity contribution is 0.0948. The summed E-state index contributed by atoms with van der Waals surface area (Å²) in [5.74, 6) is 0.562. The predicted octanol–water partition coefficient (Wildman–Crippen LogP) is 1.65. The molecule has 2 N–H and O–H groups in total. The van der Waals surface area contributed by atoms with Crippen molar-refractivity contribution in [1.82, 2.24) is 10.3 Å². The molecule has 2 heterocycles. The van der Waals surface area contributed by atoms with Gasteiger partial charge in [-0.15, -0.1) is 0 Å². The molecule has 0 bridgehead atoms. The molecule has 5 nitrogen and oxygen atoms in total. The van der Waals surface area contributed by atoms with E-state index in [2.05, 4.69) is 15.6 Å². The van der Waals surface area contributed by atoms with Crippen LogP contribution in [0.5, 0.6) is 0 Å². The number of carbonyl (C=O) groups is 1. The van der Waals surface area contributed by atoms with Gasteiger partial charge in [-0.1, -0.05) is 0 Å². The lowest BCUT2D eigenvalue weighted by Gasteiger charge is -2.07. The number of amides is 1. The molecule has 88 valence electrons. The van der Waals surface area contributed by atoms with Crippen LogP contribution >= 0.6 is 0 Å². The van der Waals surface area contributed by atoms with Crippen molar-refractivity contribution < 1.29 is 9.21 Å². The van der Waals surface area contributed by atoms with Gasteiger partial charge in [0.1, 0.15) is 5.76 Å². The highest BCUT2D eigenvalue weighted by molar-refractivity contribution is 5.99. The molecule has 0 unspecified atom stereocenters. The van der Waals surface area contributed by atoms with Crippen LogP contribution in [0.2, 0.25) is 0 Å². The van der Waals surface area contributed by atoms with E-state index in [0.29, 0.717) is 17.8 Å². The van der Waals surface area contributed by atoms with Crippen LogP contribution in [-0.2, 0) is 6.54 Å². The van der Waals surface area contributed by atoms with E-state index in [1.165, 1.54) is 0 Å². The number of furan rings is 1. The molecule has 0 spiro atoms. The van der Waals surface area contributed by atoms with E-state index >= 15 is 0 Å². The Hall–Kier alpha value is -2.30. The first-order chi connectivity index (χ1) is 8.31. The van der Waals surface area contributed by atoms with Crippen LogP contribution in [0.25, 0.3) is 0 Å². The van der Waals surface area contributed by atoms with E-state index in [0.717, 1.165) is 5.76 Å². The van der Waals surface area contributed by atoms with Gasteiger partial charge in [0.2, 0.25) is 0 Å². The maximum absolute atomic E-state index is 11.9. The Morgan fingerprint density at radius 2 is 2.35 bits per heavy atom. The molecule has 0 aromatic carbocycles. The zero-order chi connectivity index (χ0) is 12.1. The summed E-state index contributed by atoms with van der Waals surface area (Å²) in [4.78, 5) is 15.8. The number of hydrogen-bond acceptors (Lipinski definition) is 4. The molecule has 0 aliphatic rings. The number of hydrogen-bond donors (Lipinski definition) is 2. The van der Waals surface area contributed by atoms with E-state index < -0.39 is 0 Å². The summed E-state index contributed by atoms with van der Waals surface area (Å²) in [6.07, 6.45) is 4.78. The summed E-state index contributed by atoms with van der Waals surface area (Å²) in [5.41, 5.74) is 1.26. The van der Waals surface area contributed by atoms with Gasteiger partial charge < -0.3 is 15.1 Å². The Labute approximate surface area is 98.9 Å². The average Bonchev–Trinajstić information content (AvgIpc) is 2.89. The largest absolute Gasteiger partial charge is 0.467 e. The van der Waals surface area contributed by atoms with E-state index in [-0.39, 0.29) is 5.91 Å². The normalized spacial score (nSPS) is 9.94. The van der Waals surface area contributed by atoms with Crippen LogP contribution in [0.15, 0.2) is 41.3 Å². The van der Waals surface area contributed by atoms with Crippen molar-refractivity contribution in [2.75, 3.05) is 12.4 Å². The van der Waals surface area contributed by atoms with Crippen LogP contribution in [0, 0.1) is 0 Å². The first kappa shape index (κ1) is 11.2. The second kappa shape index (κ2) is 5.16. The van der Waals surface area contributed by atoms with Crippen molar-refractivity contribution in [2.24, 2.45) is 0 Å². The third-order valence-corrected chi connectivity index (χ3v) is 2.34. The first-order valence-electron chi connectivity index (χ1n) is 5.23. The minimum Gasteiger partial charge on any atom is -0.467 e. The second-order valence-corrected chi connectivity index (χ2v) is 3.43. The third-order valence-electron chi connectivity index (χ3n) is 2.34. The topological polar surface area (TPSA) is 67.2 Å². The molecule has 17 heavy (non-hydrogen) atoms. The second-order valence-electron chi connectivity index (χ2n) is 3.43. The number of pyridine rings is 1.